The van der Waals surface area contributed by atoms with Crippen molar-refractivity contribution < 1.29 is 4.79 Å². The molecular formula is C22H16ClN3OS. The van der Waals surface area contributed by atoms with Crippen LogP contribution in [0.15, 0.2) is 85.3 Å². The molecule has 0 unspecified atom stereocenters. The third kappa shape index (κ3) is 3.96. The molecule has 2 aromatic heterocycles. The number of nitrogens with zero attached hydrogens (tertiary/aromatic N) is 2. The molecule has 1 N–H and O–H groups in total. The maximum Gasteiger partial charge on any atom is 0.238 e. The Balaban J connectivity index is 1.62. The molecule has 0 saturated carbocycles. The number of benzene rings is 2. The number of carbonyl (C=O) groups is 1. The summed E-state index contributed by atoms with van der Waals surface area (Å²) in [5, 5.41) is 4.08. The van der Waals surface area contributed by atoms with E-state index in [1.54, 1.807) is 24.7 Å². The Morgan fingerprint density at radius 3 is 2.18 bits per heavy atom. The molecule has 0 aliphatic rings. The monoisotopic (exact) mass is 405 g/mol. The molecule has 0 spiro atoms. The van der Waals surface area contributed by atoms with Crippen LogP contribution < -0.4 is 5.32 Å². The lowest BCUT2D eigenvalue weighted by Crippen LogP contribution is -2.22. The van der Waals surface area contributed by atoms with E-state index in [4.69, 9.17) is 11.6 Å². The van der Waals surface area contributed by atoms with Crippen molar-refractivity contribution in [2.24, 2.45) is 0 Å². The standard InChI is InChI=1S/C22H16ClN3OS/c23-18-11-12-24-13-17(18)19-14-25-22(28-19)26-21(27)20(15-7-3-1-4-8-15)16-9-5-2-6-10-16/h1-14,20H,(H,25,26,27). The Morgan fingerprint density at radius 2 is 1.57 bits per heavy atom. The molecule has 4 aromatic rings. The van der Waals surface area contributed by atoms with Gasteiger partial charge in [-0.3, -0.25) is 9.78 Å². The maximum absolute atomic E-state index is 13.1. The number of hydrogen-bond acceptors (Lipinski definition) is 4. The molecule has 0 fully saturated rings. The minimum Gasteiger partial charge on any atom is -0.301 e. The van der Waals surface area contributed by atoms with Crippen LogP contribution >= 0.6 is 22.9 Å². The van der Waals surface area contributed by atoms with Crippen molar-refractivity contribution >= 4 is 34.0 Å². The van der Waals surface area contributed by atoms with Crippen molar-refractivity contribution in [3.63, 3.8) is 0 Å². The molecule has 28 heavy (non-hydrogen) atoms. The summed E-state index contributed by atoms with van der Waals surface area (Å²) in [7, 11) is 0. The third-order valence-electron chi connectivity index (χ3n) is 4.30. The van der Waals surface area contributed by atoms with Gasteiger partial charge in [-0.05, 0) is 17.2 Å². The van der Waals surface area contributed by atoms with Gasteiger partial charge in [0.15, 0.2) is 5.13 Å². The average Bonchev–Trinajstić information content (AvgIpc) is 3.18. The lowest BCUT2D eigenvalue weighted by molar-refractivity contribution is -0.116. The number of pyridine rings is 1. The number of carbonyl (C=O) groups excluding carboxylic acids is 1. The second-order valence-electron chi connectivity index (χ2n) is 6.13. The van der Waals surface area contributed by atoms with Gasteiger partial charge in [0, 0.05) is 24.2 Å². The quantitative estimate of drug-likeness (QED) is 0.468. The maximum atomic E-state index is 13.1. The van der Waals surface area contributed by atoms with E-state index in [-0.39, 0.29) is 5.91 Å². The molecule has 0 bridgehead atoms. The summed E-state index contributed by atoms with van der Waals surface area (Å²) in [5.41, 5.74) is 2.65. The lowest BCUT2D eigenvalue weighted by Gasteiger charge is -2.17. The Labute approximate surface area is 171 Å². The Morgan fingerprint density at radius 1 is 0.929 bits per heavy atom. The fraction of sp³-hybridized carbons (Fsp3) is 0.0455. The molecular weight excluding hydrogens is 390 g/mol. The van der Waals surface area contributed by atoms with Crippen molar-refractivity contribution in [2.75, 3.05) is 5.32 Å². The highest BCUT2D eigenvalue weighted by Crippen LogP contribution is 2.34. The predicted molar refractivity (Wildman–Crippen MR) is 114 cm³/mol. The van der Waals surface area contributed by atoms with Crippen LogP contribution in [0.25, 0.3) is 10.4 Å². The van der Waals surface area contributed by atoms with Gasteiger partial charge in [0.2, 0.25) is 5.91 Å². The van der Waals surface area contributed by atoms with E-state index < -0.39 is 5.92 Å². The van der Waals surface area contributed by atoms with Crippen molar-refractivity contribution in [3.05, 3.63) is 101 Å². The van der Waals surface area contributed by atoms with Crippen LogP contribution in [0.5, 0.6) is 0 Å². The summed E-state index contributed by atoms with van der Waals surface area (Å²) in [4.78, 5) is 22.4. The highest BCUT2D eigenvalue weighted by atomic mass is 35.5. The lowest BCUT2D eigenvalue weighted by atomic mass is 9.90. The Bertz CT molecular complexity index is 1040. The zero-order valence-electron chi connectivity index (χ0n) is 14.7. The van der Waals surface area contributed by atoms with Crippen molar-refractivity contribution in [3.8, 4) is 10.4 Å². The van der Waals surface area contributed by atoms with Gasteiger partial charge in [0.1, 0.15) is 0 Å². The number of aromatic nitrogens is 2. The highest BCUT2D eigenvalue weighted by molar-refractivity contribution is 7.19. The number of thiazole rings is 1. The van der Waals surface area contributed by atoms with Crippen LogP contribution in [-0.2, 0) is 4.79 Å². The van der Waals surface area contributed by atoms with E-state index in [1.165, 1.54) is 11.3 Å². The first-order valence-electron chi connectivity index (χ1n) is 8.69. The molecule has 0 saturated heterocycles. The van der Waals surface area contributed by atoms with Crippen molar-refractivity contribution in [1.29, 1.82) is 0 Å². The number of hydrogen-bond donors (Lipinski definition) is 1. The fourth-order valence-corrected chi connectivity index (χ4v) is 4.09. The van der Waals surface area contributed by atoms with Gasteiger partial charge < -0.3 is 5.32 Å². The zero-order chi connectivity index (χ0) is 19.3. The van der Waals surface area contributed by atoms with E-state index in [2.05, 4.69) is 15.3 Å². The number of anilines is 1. The first-order chi connectivity index (χ1) is 13.7. The molecule has 138 valence electrons. The van der Waals surface area contributed by atoms with Gasteiger partial charge in [0.25, 0.3) is 0 Å². The molecule has 1 amide bonds. The second kappa shape index (κ2) is 8.33. The first kappa shape index (κ1) is 18.3. The van der Waals surface area contributed by atoms with Crippen LogP contribution in [0.1, 0.15) is 17.0 Å². The Kier molecular flexibility index (Phi) is 5.46. The molecule has 0 atom stereocenters. The van der Waals surface area contributed by atoms with Gasteiger partial charge >= 0.3 is 0 Å². The van der Waals surface area contributed by atoms with Gasteiger partial charge in [-0.15, -0.1) is 0 Å². The van der Waals surface area contributed by atoms with E-state index in [9.17, 15) is 4.79 Å². The van der Waals surface area contributed by atoms with Crippen molar-refractivity contribution in [1.82, 2.24) is 9.97 Å². The highest BCUT2D eigenvalue weighted by Gasteiger charge is 2.23. The van der Waals surface area contributed by atoms with Crippen LogP contribution in [0.2, 0.25) is 5.02 Å². The van der Waals surface area contributed by atoms with E-state index >= 15 is 0 Å². The molecule has 2 heterocycles. The summed E-state index contributed by atoms with van der Waals surface area (Å²) >= 11 is 7.60. The minimum absolute atomic E-state index is 0.129. The van der Waals surface area contributed by atoms with Crippen LogP contribution in [0.4, 0.5) is 5.13 Å². The summed E-state index contributed by atoms with van der Waals surface area (Å²) in [5.74, 6) is -0.549. The summed E-state index contributed by atoms with van der Waals surface area (Å²) in [6, 6.07) is 21.2. The van der Waals surface area contributed by atoms with E-state index in [1.807, 2.05) is 60.7 Å². The summed E-state index contributed by atoms with van der Waals surface area (Å²) in [6.45, 7) is 0. The molecule has 0 radical (unpaired) electrons. The number of nitrogens with one attached hydrogen (secondary N) is 1. The van der Waals surface area contributed by atoms with E-state index in [0.29, 0.717) is 10.2 Å². The SMILES string of the molecule is O=C(Nc1ncc(-c2cnccc2Cl)s1)C(c1ccccc1)c1ccccc1. The van der Waals surface area contributed by atoms with Gasteiger partial charge in [-0.1, -0.05) is 83.6 Å². The first-order valence-corrected chi connectivity index (χ1v) is 9.88. The van der Waals surface area contributed by atoms with Gasteiger partial charge in [-0.2, -0.15) is 0 Å². The molecule has 0 aliphatic carbocycles. The molecule has 4 nitrogen and oxygen atoms in total. The van der Waals surface area contributed by atoms with Gasteiger partial charge in [-0.25, -0.2) is 4.98 Å². The van der Waals surface area contributed by atoms with Gasteiger partial charge in [0.05, 0.1) is 15.8 Å². The summed E-state index contributed by atoms with van der Waals surface area (Å²) in [6.07, 6.45) is 5.03. The normalized spacial score (nSPS) is 10.8. The molecule has 6 heteroatoms. The topological polar surface area (TPSA) is 54.9 Å². The van der Waals surface area contributed by atoms with Crippen LogP contribution in [0, 0.1) is 0 Å². The zero-order valence-corrected chi connectivity index (χ0v) is 16.3. The predicted octanol–water partition coefficient (Wildman–Crippen LogP) is 5.63. The smallest absolute Gasteiger partial charge is 0.238 e. The second-order valence-corrected chi connectivity index (χ2v) is 7.57. The van der Waals surface area contributed by atoms with Crippen molar-refractivity contribution in [2.45, 2.75) is 5.92 Å². The molecule has 2 aromatic carbocycles. The van der Waals surface area contributed by atoms with E-state index in [0.717, 1.165) is 21.6 Å². The van der Waals surface area contributed by atoms with Crippen LogP contribution in [0.3, 0.4) is 0 Å². The average molecular weight is 406 g/mol. The summed E-state index contributed by atoms with van der Waals surface area (Å²) < 4.78 is 0. The van der Waals surface area contributed by atoms with Crippen LogP contribution in [-0.4, -0.2) is 15.9 Å². The molecule has 4 rings (SSSR count). The third-order valence-corrected chi connectivity index (χ3v) is 5.57. The fourth-order valence-electron chi connectivity index (χ4n) is 2.98. The Hall–Kier alpha value is -3.02. The minimum atomic E-state index is -0.420. The number of amides is 1. The number of halogens is 1. The molecule has 0 aliphatic heterocycles. The largest absolute Gasteiger partial charge is 0.301 e. The number of rotatable bonds is 5.